The van der Waals surface area contributed by atoms with Gasteiger partial charge in [-0.05, 0) is 38.1 Å². The number of nitrogens with zero attached hydrogens (tertiary/aromatic N) is 2. The van der Waals surface area contributed by atoms with Crippen LogP contribution in [0.25, 0.3) is 0 Å². The van der Waals surface area contributed by atoms with Gasteiger partial charge in [0, 0.05) is 18.9 Å². The third-order valence-corrected chi connectivity index (χ3v) is 3.26. The van der Waals surface area contributed by atoms with Crippen LogP contribution in [0, 0.1) is 0 Å². The molecule has 1 heterocycles. The SMILES string of the molecule is CCCn1ccnc1C(NC)c1cccc(OCC)c1. The van der Waals surface area contributed by atoms with Gasteiger partial charge in [-0.25, -0.2) is 4.98 Å². The predicted octanol–water partition coefficient (Wildman–Crippen LogP) is 3.00. The maximum atomic E-state index is 5.58. The van der Waals surface area contributed by atoms with Gasteiger partial charge in [0.2, 0.25) is 0 Å². The maximum absolute atomic E-state index is 5.58. The molecule has 0 radical (unpaired) electrons. The fourth-order valence-electron chi connectivity index (χ4n) is 2.41. The van der Waals surface area contributed by atoms with E-state index < -0.39 is 0 Å². The molecule has 2 aromatic rings. The van der Waals surface area contributed by atoms with E-state index in [1.165, 1.54) is 5.56 Å². The van der Waals surface area contributed by atoms with E-state index in [-0.39, 0.29) is 6.04 Å². The van der Waals surface area contributed by atoms with Gasteiger partial charge in [-0.15, -0.1) is 0 Å². The molecule has 0 spiro atoms. The van der Waals surface area contributed by atoms with E-state index in [0.29, 0.717) is 6.61 Å². The van der Waals surface area contributed by atoms with Gasteiger partial charge in [-0.3, -0.25) is 0 Å². The lowest BCUT2D eigenvalue weighted by molar-refractivity contribution is 0.339. The zero-order chi connectivity index (χ0) is 14.4. The molecule has 0 aliphatic carbocycles. The minimum atomic E-state index is 0.0805. The Labute approximate surface area is 120 Å². The summed E-state index contributed by atoms with van der Waals surface area (Å²) in [6.07, 6.45) is 5.00. The summed E-state index contributed by atoms with van der Waals surface area (Å²) in [6.45, 7) is 5.83. The number of benzene rings is 1. The van der Waals surface area contributed by atoms with Crippen molar-refractivity contribution in [2.24, 2.45) is 0 Å². The Kier molecular flexibility index (Phi) is 5.18. The number of aryl methyl sites for hydroxylation is 1. The summed E-state index contributed by atoms with van der Waals surface area (Å²) in [5.41, 5.74) is 1.17. The van der Waals surface area contributed by atoms with E-state index in [1.54, 1.807) is 0 Å². The first kappa shape index (κ1) is 14.6. The monoisotopic (exact) mass is 273 g/mol. The Hall–Kier alpha value is -1.81. The lowest BCUT2D eigenvalue weighted by Crippen LogP contribution is -2.22. The molecule has 0 fully saturated rings. The van der Waals surface area contributed by atoms with Crippen LogP contribution in [0.3, 0.4) is 0 Å². The molecule has 0 saturated heterocycles. The molecule has 1 atom stereocenters. The zero-order valence-corrected chi connectivity index (χ0v) is 12.5. The van der Waals surface area contributed by atoms with Crippen LogP contribution in [0.4, 0.5) is 0 Å². The molecule has 1 N–H and O–H groups in total. The summed E-state index contributed by atoms with van der Waals surface area (Å²) in [5.74, 6) is 1.95. The second kappa shape index (κ2) is 7.10. The minimum absolute atomic E-state index is 0.0805. The highest BCUT2D eigenvalue weighted by Gasteiger charge is 2.17. The third-order valence-electron chi connectivity index (χ3n) is 3.26. The molecule has 0 saturated carbocycles. The van der Waals surface area contributed by atoms with Gasteiger partial charge in [-0.2, -0.15) is 0 Å². The van der Waals surface area contributed by atoms with Crippen molar-refractivity contribution < 1.29 is 4.74 Å². The number of aromatic nitrogens is 2. The molecule has 0 bridgehead atoms. The van der Waals surface area contributed by atoms with Gasteiger partial charge in [0.15, 0.2) is 0 Å². The number of rotatable bonds is 7. The van der Waals surface area contributed by atoms with Crippen LogP contribution in [0.1, 0.15) is 37.7 Å². The molecule has 1 aromatic heterocycles. The molecule has 2 rings (SSSR count). The Morgan fingerprint density at radius 1 is 1.35 bits per heavy atom. The van der Waals surface area contributed by atoms with Crippen molar-refractivity contribution in [3.63, 3.8) is 0 Å². The number of ether oxygens (including phenoxy) is 1. The van der Waals surface area contributed by atoms with Gasteiger partial charge >= 0.3 is 0 Å². The van der Waals surface area contributed by atoms with Gasteiger partial charge in [-0.1, -0.05) is 19.1 Å². The Balaban J connectivity index is 2.31. The molecule has 0 aliphatic heterocycles. The Morgan fingerprint density at radius 3 is 2.90 bits per heavy atom. The smallest absolute Gasteiger partial charge is 0.130 e. The molecule has 108 valence electrons. The maximum Gasteiger partial charge on any atom is 0.130 e. The number of imidazole rings is 1. The lowest BCUT2D eigenvalue weighted by atomic mass is 10.1. The topological polar surface area (TPSA) is 39.1 Å². The van der Waals surface area contributed by atoms with E-state index in [4.69, 9.17) is 4.74 Å². The molecule has 4 nitrogen and oxygen atoms in total. The van der Waals surface area contributed by atoms with E-state index in [9.17, 15) is 0 Å². The largest absolute Gasteiger partial charge is 0.494 e. The van der Waals surface area contributed by atoms with Crippen LogP contribution in [-0.4, -0.2) is 23.2 Å². The summed E-state index contributed by atoms with van der Waals surface area (Å²) in [5, 5.41) is 3.35. The first-order chi connectivity index (χ1) is 9.80. The van der Waals surface area contributed by atoms with Crippen LogP contribution in [0.15, 0.2) is 36.7 Å². The van der Waals surface area contributed by atoms with E-state index >= 15 is 0 Å². The van der Waals surface area contributed by atoms with Crippen LogP contribution in [0.2, 0.25) is 0 Å². The first-order valence-corrected chi connectivity index (χ1v) is 7.21. The summed E-state index contributed by atoms with van der Waals surface area (Å²) in [6, 6.07) is 8.28. The third kappa shape index (κ3) is 3.20. The Bertz CT molecular complexity index is 536. The average molecular weight is 273 g/mol. The van der Waals surface area contributed by atoms with Crippen LogP contribution in [0.5, 0.6) is 5.75 Å². The summed E-state index contributed by atoms with van der Waals surface area (Å²) < 4.78 is 7.78. The molecule has 4 heteroatoms. The Morgan fingerprint density at radius 2 is 2.20 bits per heavy atom. The molecule has 0 aliphatic rings. The standard InChI is InChI=1S/C16H23N3O/c1-4-10-19-11-9-18-16(19)15(17-3)13-7-6-8-14(12-13)20-5-2/h6-9,11-12,15,17H,4-5,10H2,1-3H3. The molecule has 1 unspecified atom stereocenters. The van der Waals surface area contributed by atoms with Crippen LogP contribution in [-0.2, 0) is 6.54 Å². The normalized spacial score (nSPS) is 12.3. The molecule has 1 aromatic carbocycles. The van der Waals surface area contributed by atoms with Gasteiger partial charge in [0.25, 0.3) is 0 Å². The second-order valence-corrected chi connectivity index (χ2v) is 4.71. The number of hydrogen-bond acceptors (Lipinski definition) is 3. The summed E-state index contributed by atoms with van der Waals surface area (Å²) >= 11 is 0. The van der Waals surface area contributed by atoms with Crippen molar-refractivity contribution in [1.29, 1.82) is 0 Å². The van der Waals surface area contributed by atoms with Crippen molar-refractivity contribution in [3.8, 4) is 5.75 Å². The second-order valence-electron chi connectivity index (χ2n) is 4.71. The number of nitrogens with one attached hydrogen (secondary N) is 1. The van der Waals surface area contributed by atoms with Gasteiger partial charge in [0.1, 0.15) is 11.6 Å². The lowest BCUT2D eigenvalue weighted by Gasteiger charge is -2.18. The van der Waals surface area contributed by atoms with Gasteiger partial charge < -0.3 is 14.6 Å². The van der Waals surface area contributed by atoms with Crippen molar-refractivity contribution in [1.82, 2.24) is 14.9 Å². The number of hydrogen-bond donors (Lipinski definition) is 1. The molecule has 0 amide bonds. The highest BCUT2D eigenvalue weighted by atomic mass is 16.5. The highest BCUT2D eigenvalue weighted by molar-refractivity contribution is 5.33. The van der Waals surface area contributed by atoms with E-state index in [1.807, 2.05) is 38.5 Å². The summed E-state index contributed by atoms with van der Waals surface area (Å²) in [7, 11) is 1.96. The van der Waals surface area contributed by atoms with E-state index in [0.717, 1.165) is 24.5 Å². The molecular formula is C16H23N3O. The van der Waals surface area contributed by atoms with Crippen molar-refractivity contribution in [2.45, 2.75) is 32.9 Å². The van der Waals surface area contributed by atoms with Crippen LogP contribution >= 0.6 is 0 Å². The summed E-state index contributed by atoms with van der Waals surface area (Å²) in [4.78, 5) is 4.52. The van der Waals surface area contributed by atoms with E-state index in [2.05, 4.69) is 33.9 Å². The van der Waals surface area contributed by atoms with Gasteiger partial charge in [0.05, 0.1) is 12.6 Å². The predicted molar refractivity (Wildman–Crippen MR) is 81.0 cm³/mol. The van der Waals surface area contributed by atoms with Crippen molar-refractivity contribution in [3.05, 3.63) is 48.0 Å². The first-order valence-electron chi connectivity index (χ1n) is 7.21. The van der Waals surface area contributed by atoms with Crippen LogP contribution < -0.4 is 10.1 Å². The van der Waals surface area contributed by atoms with Crippen molar-refractivity contribution in [2.75, 3.05) is 13.7 Å². The highest BCUT2D eigenvalue weighted by Crippen LogP contribution is 2.24. The quantitative estimate of drug-likeness (QED) is 0.843. The molecular weight excluding hydrogens is 250 g/mol. The fourth-order valence-corrected chi connectivity index (χ4v) is 2.41. The minimum Gasteiger partial charge on any atom is -0.494 e. The molecule has 20 heavy (non-hydrogen) atoms. The fraction of sp³-hybridized carbons (Fsp3) is 0.438. The van der Waals surface area contributed by atoms with Crippen molar-refractivity contribution >= 4 is 0 Å². The average Bonchev–Trinajstić information content (AvgIpc) is 2.89. The zero-order valence-electron chi connectivity index (χ0n) is 12.5.